The average molecular weight is 314 g/mol. The van der Waals surface area contributed by atoms with E-state index in [2.05, 4.69) is 22.0 Å². The molecule has 1 heterocycles. The van der Waals surface area contributed by atoms with E-state index in [1.165, 1.54) is 18.2 Å². The minimum absolute atomic E-state index is 0.379. The molecule has 2 rings (SSSR count). The largest absolute Gasteiger partial charge is 0.387 e. The fourth-order valence-electron chi connectivity index (χ4n) is 2.20. The highest BCUT2D eigenvalue weighted by Gasteiger charge is 2.41. The summed E-state index contributed by atoms with van der Waals surface area (Å²) >= 11 is 3.23. The quantitative estimate of drug-likeness (QED) is 0.913. The number of halogens is 2. The Bertz CT molecular complexity index is 480. The number of aliphatic hydroxyl groups is 1. The fraction of sp³-hybridized carbons (Fsp3) is 0.462. The van der Waals surface area contributed by atoms with Gasteiger partial charge in [0.25, 0.3) is 0 Å². The van der Waals surface area contributed by atoms with Gasteiger partial charge in [0.2, 0.25) is 0 Å². The van der Waals surface area contributed by atoms with E-state index in [1.54, 1.807) is 0 Å². The third-order valence-electron chi connectivity index (χ3n) is 3.39. The first-order chi connectivity index (χ1) is 8.59. The first kappa shape index (κ1) is 13.5. The van der Waals surface area contributed by atoms with E-state index in [4.69, 9.17) is 4.74 Å². The summed E-state index contributed by atoms with van der Waals surface area (Å²) in [6, 6.07) is 6.31. The molecule has 1 aliphatic rings. The van der Waals surface area contributed by atoms with Gasteiger partial charge in [-0.25, -0.2) is 4.39 Å². The predicted octanol–water partition coefficient (Wildman–Crippen LogP) is 2.94. The minimum Gasteiger partial charge on any atom is -0.387 e. The number of ether oxygens (including phenoxy) is 1. The summed E-state index contributed by atoms with van der Waals surface area (Å²) in [5.74, 6) is -0.379. The molecule has 1 N–H and O–H groups in total. The summed E-state index contributed by atoms with van der Waals surface area (Å²) in [5.41, 5.74) is -0.307. The van der Waals surface area contributed by atoms with Gasteiger partial charge in [-0.3, -0.25) is 0 Å². The third-order valence-corrected chi connectivity index (χ3v) is 4.07. The zero-order chi connectivity index (χ0) is 13.2. The molecule has 5 heteroatoms. The van der Waals surface area contributed by atoms with Crippen LogP contribution < -0.4 is 0 Å². The van der Waals surface area contributed by atoms with E-state index in [-0.39, 0.29) is 5.82 Å². The molecule has 1 atom stereocenters. The van der Waals surface area contributed by atoms with Gasteiger partial charge in [0.15, 0.2) is 0 Å². The molecule has 0 saturated carbocycles. The average Bonchev–Trinajstić information content (AvgIpc) is 2.39. The molecule has 1 unspecified atom stereocenters. The van der Waals surface area contributed by atoms with Crippen molar-refractivity contribution in [2.75, 3.05) is 13.2 Å². The monoisotopic (exact) mass is 313 g/mol. The number of nitrogens with zero attached hydrogens (tertiary/aromatic N) is 1. The summed E-state index contributed by atoms with van der Waals surface area (Å²) in [4.78, 5) is 0. The van der Waals surface area contributed by atoms with Crippen LogP contribution in [-0.4, -0.2) is 18.3 Å². The molecular formula is C13H13BrFNO2. The minimum atomic E-state index is -0.943. The van der Waals surface area contributed by atoms with Crippen LogP contribution in [0.4, 0.5) is 4.39 Å². The number of aliphatic hydroxyl groups excluding tert-OH is 1. The van der Waals surface area contributed by atoms with Crippen LogP contribution in [0.15, 0.2) is 22.7 Å². The first-order valence-corrected chi connectivity index (χ1v) is 6.50. The van der Waals surface area contributed by atoms with Crippen LogP contribution in [0.25, 0.3) is 0 Å². The molecule has 1 fully saturated rings. The van der Waals surface area contributed by atoms with Crippen LogP contribution >= 0.6 is 15.9 Å². The third kappa shape index (κ3) is 2.41. The SMILES string of the molecule is N#CC1(C(O)c2ccc(F)cc2Br)CCOCC1. The lowest BCUT2D eigenvalue weighted by molar-refractivity contribution is -0.0313. The number of hydrogen-bond donors (Lipinski definition) is 1. The van der Waals surface area contributed by atoms with Crippen LogP contribution in [0.2, 0.25) is 0 Å². The maximum atomic E-state index is 13.0. The summed E-state index contributed by atoms with van der Waals surface area (Å²) in [6.07, 6.45) is 0.0181. The van der Waals surface area contributed by atoms with Crippen molar-refractivity contribution in [1.29, 1.82) is 5.26 Å². The highest BCUT2D eigenvalue weighted by atomic mass is 79.9. The molecule has 0 amide bonds. The van der Waals surface area contributed by atoms with E-state index in [9.17, 15) is 14.8 Å². The normalized spacial score (nSPS) is 20.1. The van der Waals surface area contributed by atoms with Gasteiger partial charge in [-0.1, -0.05) is 22.0 Å². The second kappa shape index (κ2) is 5.35. The Kier molecular flexibility index (Phi) is 4.00. The van der Waals surface area contributed by atoms with Crippen molar-refractivity contribution in [3.63, 3.8) is 0 Å². The zero-order valence-electron chi connectivity index (χ0n) is 9.70. The van der Waals surface area contributed by atoms with E-state index in [0.717, 1.165) is 0 Å². The Morgan fingerprint density at radius 1 is 1.44 bits per heavy atom. The molecule has 0 radical (unpaired) electrons. The lowest BCUT2D eigenvalue weighted by atomic mass is 9.74. The van der Waals surface area contributed by atoms with Crippen molar-refractivity contribution in [3.8, 4) is 6.07 Å². The Labute approximate surface area is 113 Å². The van der Waals surface area contributed by atoms with Gasteiger partial charge in [-0.05, 0) is 30.5 Å². The van der Waals surface area contributed by atoms with Crippen LogP contribution in [0, 0.1) is 22.6 Å². The molecule has 1 aromatic carbocycles. The van der Waals surface area contributed by atoms with Crippen LogP contribution in [0.5, 0.6) is 0 Å². The van der Waals surface area contributed by atoms with E-state index < -0.39 is 11.5 Å². The van der Waals surface area contributed by atoms with Gasteiger partial charge in [-0.15, -0.1) is 0 Å². The number of hydrogen-bond acceptors (Lipinski definition) is 3. The molecule has 96 valence electrons. The van der Waals surface area contributed by atoms with Crippen molar-refractivity contribution in [1.82, 2.24) is 0 Å². The Hall–Kier alpha value is -0.960. The van der Waals surface area contributed by atoms with Crippen molar-refractivity contribution >= 4 is 15.9 Å². The lowest BCUT2D eigenvalue weighted by Gasteiger charge is -2.35. The molecule has 1 saturated heterocycles. The molecule has 1 aromatic rings. The topological polar surface area (TPSA) is 53.2 Å². The second-order valence-electron chi connectivity index (χ2n) is 4.45. The summed E-state index contributed by atoms with van der Waals surface area (Å²) in [5, 5.41) is 19.8. The Morgan fingerprint density at radius 2 is 2.11 bits per heavy atom. The maximum absolute atomic E-state index is 13.0. The predicted molar refractivity (Wildman–Crippen MR) is 67.2 cm³/mol. The first-order valence-electron chi connectivity index (χ1n) is 5.71. The highest BCUT2D eigenvalue weighted by Crippen LogP contribution is 2.43. The molecule has 0 bridgehead atoms. The molecular weight excluding hydrogens is 301 g/mol. The van der Waals surface area contributed by atoms with Crippen molar-refractivity contribution in [2.45, 2.75) is 18.9 Å². The maximum Gasteiger partial charge on any atom is 0.124 e. The molecule has 3 nitrogen and oxygen atoms in total. The smallest absolute Gasteiger partial charge is 0.124 e. The Morgan fingerprint density at radius 3 is 2.67 bits per heavy atom. The van der Waals surface area contributed by atoms with Gasteiger partial charge < -0.3 is 9.84 Å². The standard InChI is InChI=1S/C13H13BrFNO2/c14-11-7-9(15)1-2-10(11)12(17)13(8-16)3-5-18-6-4-13/h1-2,7,12,17H,3-6H2. The number of nitriles is 1. The zero-order valence-corrected chi connectivity index (χ0v) is 11.3. The van der Waals surface area contributed by atoms with Gasteiger partial charge >= 0.3 is 0 Å². The van der Waals surface area contributed by atoms with Gasteiger partial charge in [0.1, 0.15) is 5.82 Å². The Balaban J connectivity index is 2.34. The van der Waals surface area contributed by atoms with E-state index >= 15 is 0 Å². The fourth-order valence-corrected chi connectivity index (χ4v) is 2.77. The second-order valence-corrected chi connectivity index (χ2v) is 5.30. The van der Waals surface area contributed by atoms with Crippen LogP contribution in [0.3, 0.4) is 0 Å². The number of benzene rings is 1. The van der Waals surface area contributed by atoms with Crippen LogP contribution in [-0.2, 0) is 4.74 Å². The molecule has 0 spiro atoms. The van der Waals surface area contributed by atoms with Crippen molar-refractivity contribution < 1.29 is 14.2 Å². The van der Waals surface area contributed by atoms with Gasteiger partial charge in [0, 0.05) is 17.7 Å². The van der Waals surface area contributed by atoms with E-state index in [1.807, 2.05) is 0 Å². The number of rotatable bonds is 2. The summed E-state index contributed by atoms with van der Waals surface area (Å²) in [6.45, 7) is 0.923. The summed E-state index contributed by atoms with van der Waals surface area (Å²) < 4.78 is 18.7. The highest BCUT2D eigenvalue weighted by molar-refractivity contribution is 9.10. The van der Waals surface area contributed by atoms with Gasteiger partial charge in [-0.2, -0.15) is 5.26 Å². The van der Waals surface area contributed by atoms with Crippen molar-refractivity contribution in [3.05, 3.63) is 34.1 Å². The molecule has 18 heavy (non-hydrogen) atoms. The summed E-state index contributed by atoms with van der Waals surface area (Å²) in [7, 11) is 0. The van der Waals surface area contributed by atoms with Crippen LogP contribution in [0.1, 0.15) is 24.5 Å². The molecule has 0 aliphatic carbocycles. The van der Waals surface area contributed by atoms with E-state index in [0.29, 0.717) is 36.1 Å². The molecule has 0 aromatic heterocycles. The van der Waals surface area contributed by atoms with Gasteiger partial charge in [0.05, 0.1) is 17.6 Å². The molecule has 1 aliphatic heterocycles. The van der Waals surface area contributed by atoms with Crippen molar-refractivity contribution in [2.24, 2.45) is 5.41 Å². The lowest BCUT2D eigenvalue weighted by Crippen LogP contribution is -2.34.